The lowest BCUT2D eigenvalue weighted by Crippen LogP contribution is -3.09. The Morgan fingerprint density at radius 3 is 1.13 bits per heavy atom. The second kappa shape index (κ2) is 13.4. The molecular weight excluding hydrogens is 612 g/mol. The Morgan fingerprint density at radius 2 is 0.913 bits per heavy atom. The Bertz CT molecular complexity index is 1010. The van der Waals surface area contributed by atoms with E-state index in [1.165, 1.54) is 0 Å². The molecule has 46 heavy (non-hydrogen) atoms. The van der Waals surface area contributed by atoms with E-state index < -0.39 is 82.9 Å². The second-order valence-corrected chi connectivity index (χ2v) is 15.0. The van der Waals surface area contributed by atoms with Crippen LogP contribution >= 0.6 is 0 Å². The van der Waals surface area contributed by atoms with Crippen LogP contribution in [-0.4, -0.2) is 148 Å². The molecule has 16 heteroatoms. The summed E-state index contributed by atoms with van der Waals surface area (Å²) in [6.45, 7) is 14.0. The largest absolute Gasteiger partial charge is 0.547 e. The Balaban J connectivity index is 0.000000250. The lowest BCUT2D eigenvalue weighted by molar-refractivity contribution is -0.865. The summed E-state index contributed by atoms with van der Waals surface area (Å²) < 4.78 is 45.7. The lowest BCUT2D eigenvalue weighted by atomic mass is 9.89. The predicted octanol–water partition coefficient (Wildman–Crippen LogP) is -5.43. The molecule has 4 aliphatic rings. The molecular formula is C30H54N2O14. The van der Waals surface area contributed by atoms with Gasteiger partial charge in [-0.1, -0.05) is 0 Å². The van der Waals surface area contributed by atoms with Crippen molar-refractivity contribution in [3.63, 3.8) is 0 Å². The predicted molar refractivity (Wildman–Crippen MR) is 153 cm³/mol. The van der Waals surface area contributed by atoms with Gasteiger partial charge in [-0.2, -0.15) is 0 Å². The molecule has 0 unspecified atom stereocenters. The maximum atomic E-state index is 11.7. The van der Waals surface area contributed by atoms with Gasteiger partial charge in [-0.3, -0.25) is 0 Å². The number of likely N-dealkylation sites (N-methyl/N-ethyl adjacent to an activating group) is 2. The molecule has 0 aromatic rings. The van der Waals surface area contributed by atoms with E-state index in [2.05, 4.69) is 0 Å². The molecule has 8 atom stereocenters. The summed E-state index contributed by atoms with van der Waals surface area (Å²) in [5.41, 5.74) is -4.40. The molecule has 4 aliphatic heterocycles. The highest BCUT2D eigenvalue weighted by Crippen LogP contribution is 2.40. The van der Waals surface area contributed by atoms with E-state index in [0.29, 0.717) is 0 Å². The summed E-state index contributed by atoms with van der Waals surface area (Å²) in [6, 6.07) is 0. The number of quaternary nitrogens is 2. The molecule has 0 aliphatic carbocycles. The molecule has 0 spiro atoms. The molecule has 4 heterocycles. The molecule has 16 nitrogen and oxygen atoms in total. The summed E-state index contributed by atoms with van der Waals surface area (Å²) >= 11 is 0. The van der Waals surface area contributed by atoms with Crippen molar-refractivity contribution in [2.45, 2.75) is 126 Å². The van der Waals surface area contributed by atoms with Crippen molar-refractivity contribution in [3.05, 3.63) is 0 Å². The van der Waals surface area contributed by atoms with Gasteiger partial charge in [0, 0.05) is 0 Å². The van der Waals surface area contributed by atoms with Gasteiger partial charge in [0.05, 0.1) is 53.3 Å². The fourth-order valence-corrected chi connectivity index (χ4v) is 6.27. The van der Waals surface area contributed by atoms with Crippen LogP contribution in [0.15, 0.2) is 0 Å². The van der Waals surface area contributed by atoms with Crippen molar-refractivity contribution in [1.29, 1.82) is 0 Å². The van der Waals surface area contributed by atoms with E-state index in [9.17, 15) is 30.0 Å². The quantitative estimate of drug-likeness (QED) is 0.172. The third kappa shape index (κ3) is 8.92. The van der Waals surface area contributed by atoms with E-state index in [-0.39, 0.29) is 26.3 Å². The van der Waals surface area contributed by atoms with Crippen molar-refractivity contribution in [2.24, 2.45) is 0 Å². The van der Waals surface area contributed by atoms with Crippen LogP contribution in [0.2, 0.25) is 0 Å². The average Bonchev–Trinajstić information content (AvgIpc) is 3.60. The standard InChI is InChI=1S/2C15H27NO7/c2*1-13(2)20-7-9(21-13)10-11(23-14(3,4)22-10)15(19,12(17)18)8-16(5)6/h2*9-11,19H,7-8H2,1-6H3,(H,17,18)/t2*9-,10-,11+,15+/m11/s1. The van der Waals surface area contributed by atoms with Gasteiger partial charge in [-0.05, 0) is 55.4 Å². The Hall–Kier alpha value is -1.54. The van der Waals surface area contributed by atoms with Crippen LogP contribution in [0.3, 0.4) is 0 Å². The van der Waals surface area contributed by atoms with Crippen LogP contribution in [0.25, 0.3) is 0 Å². The van der Waals surface area contributed by atoms with Gasteiger partial charge < -0.3 is 77.7 Å². The zero-order valence-corrected chi connectivity index (χ0v) is 29.1. The van der Waals surface area contributed by atoms with Gasteiger partial charge in [0.1, 0.15) is 49.7 Å². The molecule has 4 saturated heterocycles. The summed E-state index contributed by atoms with van der Waals surface area (Å²) in [7, 11) is 6.95. The minimum Gasteiger partial charge on any atom is -0.547 e. The number of aliphatic carboxylic acids is 2. The maximum Gasteiger partial charge on any atom is 0.182 e. The first kappa shape index (κ1) is 38.9. The molecule has 4 N–H and O–H groups in total. The zero-order valence-electron chi connectivity index (χ0n) is 29.1. The van der Waals surface area contributed by atoms with Crippen LogP contribution in [0.5, 0.6) is 0 Å². The number of aliphatic hydroxyl groups is 2. The molecule has 0 aromatic heterocycles. The topological polar surface area (TPSA) is 203 Å². The first-order chi connectivity index (χ1) is 20.7. The normalized spacial score (nSPS) is 35.4. The van der Waals surface area contributed by atoms with Crippen molar-refractivity contribution in [1.82, 2.24) is 0 Å². The van der Waals surface area contributed by atoms with Crippen molar-refractivity contribution >= 4 is 11.9 Å². The first-order valence-electron chi connectivity index (χ1n) is 15.5. The van der Waals surface area contributed by atoms with E-state index >= 15 is 0 Å². The lowest BCUT2D eigenvalue weighted by Gasteiger charge is -2.37. The van der Waals surface area contributed by atoms with E-state index in [4.69, 9.17) is 37.9 Å². The van der Waals surface area contributed by atoms with Crippen LogP contribution in [-0.2, 0) is 47.5 Å². The fourth-order valence-electron chi connectivity index (χ4n) is 6.27. The number of nitrogens with one attached hydrogen (secondary N) is 2. The summed E-state index contributed by atoms with van der Waals surface area (Å²) in [4.78, 5) is 24.8. The number of hydrogen-bond acceptors (Lipinski definition) is 14. The number of hydrogen-bond donors (Lipinski definition) is 4. The molecule has 0 bridgehead atoms. The minimum absolute atomic E-state index is 0.0904. The van der Waals surface area contributed by atoms with Crippen LogP contribution in [0, 0.1) is 0 Å². The van der Waals surface area contributed by atoms with Crippen molar-refractivity contribution in [2.75, 3.05) is 54.5 Å². The highest BCUT2D eigenvalue weighted by atomic mass is 16.8. The summed E-state index contributed by atoms with van der Waals surface area (Å²) in [5.74, 6) is -6.86. The van der Waals surface area contributed by atoms with E-state index in [1.54, 1.807) is 83.6 Å². The Morgan fingerprint density at radius 1 is 0.609 bits per heavy atom. The zero-order chi connectivity index (χ0) is 35.3. The molecule has 0 radical (unpaired) electrons. The first-order valence-corrected chi connectivity index (χ1v) is 15.5. The second-order valence-electron chi connectivity index (χ2n) is 15.0. The van der Waals surface area contributed by atoms with Gasteiger partial charge in [0.15, 0.2) is 34.4 Å². The number of carboxylic acids is 2. The van der Waals surface area contributed by atoms with Crippen LogP contribution < -0.4 is 20.0 Å². The van der Waals surface area contributed by atoms with Crippen molar-refractivity contribution in [3.8, 4) is 0 Å². The molecule has 0 amide bonds. The van der Waals surface area contributed by atoms with Crippen LogP contribution in [0.4, 0.5) is 0 Å². The number of rotatable bonds is 10. The third-order valence-electron chi connectivity index (χ3n) is 7.95. The van der Waals surface area contributed by atoms with Gasteiger partial charge in [-0.25, -0.2) is 0 Å². The van der Waals surface area contributed by atoms with Gasteiger partial charge in [-0.15, -0.1) is 0 Å². The summed E-state index contributed by atoms with van der Waals surface area (Å²) in [5, 5.41) is 44.9. The number of carboxylic acid groups (broad SMARTS) is 2. The minimum atomic E-state index is -2.20. The molecule has 0 aromatic carbocycles. The van der Waals surface area contributed by atoms with Crippen molar-refractivity contribution < 1.29 is 77.7 Å². The average molecular weight is 667 g/mol. The van der Waals surface area contributed by atoms with Gasteiger partial charge in [0.2, 0.25) is 0 Å². The summed E-state index contributed by atoms with van der Waals surface area (Å²) in [6.07, 6.45) is -4.90. The number of ether oxygens (including phenoxy) is 8. The fraction of sp³-hybridized carbons (Fsp3) is 0.933. The maximum absolute atomic E-state index is 11.7. The Kier molecular flexibility index (Phi) is 11.3. The van der Waals surface area contributed by atoms with E-state index in [0.717, 1.165) is 9.80 Å². The third-order valence-corrected chi connectivity index (χ3v) is 7.95. The molecule has 4 rings (SSSR count). The molecule has 0 saturated carbocycles. The van der Waals surface area contributed by atoms with E-state index in [1.807, 2.05) is 0 Å². The smallest absolute Gasteiger partial charge is 0.182 e. The number of carbonyl (C=O) groups is 2. The van der Waals surface area contributed by atoms with Crippen LogP contribution in [0.1, 0.15) is 55.4 Å². The SMILES string of the molecule is C[NH+](C)C[C@@](O)(C(=O)[O-])[C@H]1OC(C)(C)O[C@@H]1[C@H]1COC(C)(C)O1.C[NH+](C)C[C@@](O)(C(=O)[O-])[C@H]1OC(C)(C)O[C@@H]1[C@H]1COC(C)(C)O1. The molecule has 268 valence electrons. The van der Waals surface area contributed by atoms with Gasteiger partial charge >= 0.3 is 0 Å². The Labute approximate surface area is 270 Å². The number of carbonyl (C=O) groups excluding carboxylic acids is 2. The monoisotopic (exact) mass is 666 g/mol. The molecule has 4 fully saturated rings. The van der Waals surface area contributed by atoms with Gasteiger partial charge in [0.25, 0.3) is 0 Å². The highest BCUT2D eigenvalue weighted by molar-refractivity contribution is 5.76. The highest BCUT2D eigenvalue weighted by Gasteiger charge is 2.60.